The van der Waals surface area contributed by atoms with Crippen molar-refractivity contribution in [3.63, 3.8) is 0 Å². The van der Waals surface area contributed by atoms with Crippen LogP contribution in [0, 0.1) is 5.92 Å². The maximum atomic E-state index is 12.4. The molecule has 0 saturated carbocycles. The number of halogens is 3. The first-order valence-electron chi connectivity index (χ1n) is 5.94. The fraction of sp³-hybridized carbons (Fsp3) is 0.385. The quantitative estimate of drug-likeness (QED) is 0.922. The van der Waals surface area contributed by atoms with Crippen LogP contribution in [0.25, 0.3) is 0 Å². The van der Waals surface area contributed by atoms with Gasteiger partial charge in [0.1, 0.15) is 0 Å². The highest BCUT2D eigenvalue weighted by Gasteiger charge is 2.35. The molecule has 0 unspecified atom stereocenters. The number of hydrogen-bond donors (Lipinski definition) is 1. The number of rotatable bonds is 3. The number of benzene rings is 1. The Balaban J connectivity index is 1.91. The number of amides is 1. The van der Waals surface area contributed by atoms with Gasteiger partial charge in [-0.05, 0) is 17.7 Å². The van der Waals surface area contributed by atoms with Gasteiger partial charge in [0, 0.05) is 13.1 Å². The number of carboxylic acids is 1. The van der Waals surface area contributed by atoms with E-state index in [1.165, 1.54) is 17.0 Å². The van der Waals surface area contributed by atoms with Crippen molar-refractivity contribution >= 4 is 11.9 Å². The Bertz CT molecular complexity index is 519. The van der Waals surface area contributed by atoms with Crippen molar-refractivity contribution in [1.29, 1.82) is 0 Å². The van der Waals surface area contributed by atoms with Crippen molar-refractivity contribution < 1.29 is 27.9 Å². The van der Waals surface area contributed by atoms with Crippen molar-refractivity contribution in [1.82, 2.24) is 4.90 Å². The number of hydrogen-bond acceptors (Lipinski definition) is 2. The summed E-state index contributed by atoms with van der Waals surface area (Å²) in [5.74, 6) is -1.75. The summed E-state index contributed by atoms with van der Waals surface area (Å²) in [6.45, 7) is 0.323. The standard InChI is InChI=1S/C13H12F3NO3/c14-13(15,16)10-3-1-8(2-4-10)5-11(18)17-6-9(7-17)12(19)20/h1-4,9H,5-7H2,(H,19,20). The Labute approximate surface area is 112 Å². The molecule has 4 nitrogen and oxygen atoms in total. The molecule has 1 fully saturated rings. The molecule has 1 heterocycles. The summed E-state index contributed by atoms with van der Waals surface area (Å²) in [4.78, 5) is 23.7. The lowest BCUT2D eigenvalue weighted by atomic mass is 9.99. The molecule has 1 aromatic rings. The van der Waals surface area contributed by atoms with Gasteiger partial charge >= 0.3 is 12.1 Å². The van der Waals surface area contributed by atoms with Crippen molar-refractivity contribution in [2.45, 2.75) is 12.6 Å². The Morgan fingerprint density at radius 2 is 1.75 bits per heavy atom. The molecule has 0 aromatic heterocycles. The van der Waals surface area contributed by atoms with Crippen LogP contribution in [0.2, 0.25) is 0 Å². The number of carboxylic acid groups (broad SMARTS) is 1. The van der Waals surface area contributed by atoms with Gasteiger partial charge in [-0.3, -0.25) is 9.59 Å². The Morgan fingerprint density at radius 3 is 2.20 bits per heavy atom. The Kier molecular flexibility index (Phi) is 3.69. The zero-order chi connectivity index (χ0) is 14.9. The van der Waals surface area contributed by atoms with E-state index in [-0.39, 0.29) is 25.4 Å². The lowest BCUT2D eigenvalue weighted by molar-refractivity contribution is -0.152. The van der Waals surface area contributed by atoms with Gasteiger partial charge in [0.15, 0.2) is 0 Å². The molecule has 2 rings (SSSR count). The molecule has 0 spiro atoms. The van der Waals surface area contributed by atoms with Gasteiger partial charge < -0.3 is 10.0 Å². The molecule has 0 atom stereocenters. The predicted octanol–water partition coefficient (Wildman–Crippen LogP) is 1.79. The molecule has 108 valence electrons. The second-order valence-corrected chi connectivity index (χ2v) is 4.71. The first-order valence-corrected chi connectivity index (χ1v) is 5.94. The number of likely N-dealkylation sites (tertiary alicyclic amines) is 1. The third-order valence-electron chi connectivity index (χ3n) is 3.22. The Hall–Kier alpha value is -2.05. The topological polar surface area (TPSA) is 57.6 Å². The third kappa shape index (κ3) is 3.09. The van der Waals surface area contributed by atoms with Gasteiger partial charge in [-0.15, -0.1) is 0 Å². The lowest BCUT2D eigenvalue weighted by Crippen LogP contribution is -2.53. The largest absolute Gasteiger partial charge is 0.481 e. The Morgan fingerprint density at radius 1 is 1.20 bits per heavy atom. The number of carbonyl (C=O) groups excluding carboxylic acids is 1. The van der Waals surface area contributed by atoms with E-state index in [2.05, 4.69) is 0 Å². The second-order valence-electron chi connectivity index (χ2n) is 4.71. The molecule has 1 aliphatic rings. The zero-order valence-corrected chi connectivity index (χ0v) is 10.4. The van der Waals surface area contributed by atoms with E-state index in [9.17, 15) is 22.8 Å². The van der Waals surface area contributed by atoms with Gasteiger partial charge in [0.2, 0.25) is 5.91 Å². The van der Waals surface area contributed by atoms with Crippen LogP contribution in [-0.4, -0.2) is 35.0 Å². The van der Waals surface area contributed by atoms with Gasteiger partial charge in [0.05, 0.1) is 17.9 Å². The number of alkyl halides is 3. The monoisotopic (exact) mass is 287 g/mol. The van der Waals surface area contributed by atoms with Gasteiger partial charge in [-0.25, -0.2) is 0 Å². The molecule has 1 saturated heterocycles. The van der Waals surface area contributed by atoms with Gasteiger partial charge in [0.25, 0.3) is 0 Å². The smallest absolute Gasteiger partial charge is 0.416 e. The van der Waals surface area contributed by atoms with E-state index in [0.717, 1.165) is 12.1 Å². The van der Waals surface area contributed by atoms with Crippen LogP contribution in [0.4, 0.5) is 13.2 Å². The van der Waals surface area contributed by atoms with Crippen LogP contribution in [0.5, 0.6) is 0 Å². The number of aliphatic carboxylic acids is 1. The highest BCUT2D eigenvalue weighted by Crippen LogP contribution is 2.29. The number of carbonyl (C=O) groups is 2. The van der Waals surface area contributed by atoms with Crippen molar-refractivity contribution in [3.05, 3.63) is 35.4 Å². The van der Waals surface area contributed by atoms with E-state index in [1.54, 1.807) is 0 Å². The van der Waals surface area contributed by atoms with Crippen LogP contribution in [0.15, 0.2) is 24.3 Å². The van der Waals surface area contributed by atoms with Crippen LogP contribution in [-0.2, 0) is 22.2 Å². The highest BCUT2D eigenvalue weighted by atomic mass is 19.4. The maximum Gasteiger partial charge on any atom is 0.416 e. The van der Waals surface area contributed by atoms with Crippen molar-refractivity contribution in [2.24, 2.45) is 5.92 Å². The van der Waals surface area contributed by atoms with Crippen molar-refractivity contribution in [3.8, 4) is 0 Å². The van der Waals surface area contributed by atoms with E-state index in [1.807, 2.05) is 0 Å². The van der Waals surface area contributed by atoms with Crippen molar-refractivity contribution in [2.75, 3.05) is 13.1 Å². The summed E-state index contributed by atoms with van der Waals surface area (Å²) in [6, 6.07) is 4.38. The summed E-state index contributed by atoms with van der Waals surface area (Å²) in [5, 5.41) is 8.68. The highest BCUT2D eigenvalue weighted by molar-refractivity contribution is 5.82. The van der Waals surface area contributed by atoms with E-state index >= 15 is 0 Å². The van der Waals surface area contributed by atoms with Crippen LogP contribution in [0.3, 0.4) is 0 Å². The molecule has 1 aliphatic heterocycles. The van der Waals surface area contributed by atoms with Crippen LogP contribution >= 0.6 is 0 Å². The maximum absolute atomic E-state index is 12.4. The van der Waals surface area contributed by atoms with Crippen LogP contribution in [0.1, 0.15) is 11.1 Å². The first-order chi connectivity index (χ1) is 9.27. The molecule has 0 radical (unpaired) electrons. The summed E-state index contributed by atoms with van der Waals surface area (Å²) in [7, 11) is 0. The fourth-order valence-electron chi connectivity index (χ4n) is 1.94. The first kappa shape index (κ1) is 14.4. The molecule has 7 heteroatoms. The molecular weight excluding hydrogens is 275 g/mol. The zero-order valence-electron chi connectivity index (χ0n) is 10.4. The van der Waals surface area contributed by atoms with E-state index < -0.39 is 23.6 Å². The number of nitrogens with zero attached hydrogens (tertiary/aromatic N) is 1. The predicted molar refractivity (Wildman–Crippen MR) is 62.9 cm³/mol. The summed E-state index contributed by atoms with van der Waals surface area (Å²) in [6.07, 6.45) is -4.42. The lowest BCUT2D eigenvalue weighted by Gasteiger charge is -2.36. The molecule has 1 aromatic carbocycles. The molecule has 20 heavy (non-hydrogen) atoms. The summed E-state index contributed by atoms with van der Waals surface area (Å²) < 4.78 is 37.1. The van der Waals surface area contributed by atoms with Gasteiger partial charge in [-0.1, -0.05) is 12.1 Å². The normalized spacial score (nSPS) is 15.8. The molecule has 0 aliphatic carbocycles. The minimum absolute atomic E-state index is 0.0233. The average Bonchev–Trinajstić information content (AvgIpc) is 2.25. The minimum Gasteiger partial charge on any atom is -0.481 e. The average molecular weight is 287 g/mol. The molecule has 1 N–H and O–H groups in total. The molecule has 0 bridgehead atoms. The minimum atomic E-state index is -4.39. The van der Waals surface area contributed by atoms with E-state index in [4.69, 9.17) is 5.11 Å². The molecular formula is C13H12F3NO3. The third-order valence-corrected chi connectivity index (χ3v) is 3.22. The van der Waals surface area contributed by atoms with E-state index in [0.29, 0.717) is 5.56 Å². The van der Waals surface area contributed by atoms with Gasteiger partial charge in [-0.2, -0.15) is 13.2 Å². The summed E-state index contributed by atoms with van der Waals surface area (Å²) >= 11 is 0. The SMILES string of the molecule is O=C(O)C1CN(C(=O)Cc2ccc(C(F)(F)F)cc2)C1. The van der Waals surface area contributed by atoms with Crippen LogP contribution < -0.4 is 0 Å². The summed E-state index contributed by atoms with van der Waals surface area (Å²) in [5.41, 5.74) is -0.287. The molecule has 1 amide bonds. The fourth-order valence-corrected chi connectivity index (χ4v) is 1.94. The second kappa shape index (κ2) is 5.15.